The lowest BCUT2D eigenvalue weighted by Crippen LogP contribution is -2.18. The van der Waals surface area contributed by atoms with Gasteiger partial charge in [0.25, 0.3) is 0 Å². The largest absolute Gasteiger partial charge is 0.454 e. The molecule has 1 atom stereocenters. The third kappa shape index (κ3) is 2.78. The maximum absolute atomic E-state index is 12.7. The van der Waals surface area contributed by atoms with E-state index in [1.807, 2.05) is 39.0 Å². The summed E-state index contributed by atoms with van der Waals surface area (Å²) in [7, 11) is 0. The zero-order valence-electron chi connectivity index (χ0n) is 13.5. The first-order valence-electron chi connectivity index (χ1n) is 7.93. The highest BCUT2D eigenvalue weighted by atomic mass is 16.5. The lowest BCUT2D eigenvalue weighted by atomic mass is 9.89. The Balaban J connectivity index is 1.87. The van der Waals surface area contributed by atoms with Crippen LogP contribution in [-0.4, -0.2) is 5.97 Å². The molecule has 2 aromatic carbocycles. The number of esters is 1. The maximum atomic E-state index is 12.7. The van der Waals surface area contributed by atoms with Crippen molar-refractivity contribution in [1.29, 1.82) is 0 Å². The molecule has 0 saturated carbocycles. The topological polar surface area (TPSA) is 26.3 Å². The lowest BCUT2D eigenvalue weighted by molar-refractivity contribution is 0.0255. The number of rotatable bonds is 2. The van der Waals surface area contributed by atoms with Crippen LogP contribution in [0.2, 0.25) is 0 Å². The Labute approximate surface area is 132 Å². The Bertz CT molecular complexity index is 692. The van der Waals surface area contributed by atoms with Gasteiger partial charge in [-0.2, -0.15) is 0 Å². The minimum absolute atomic E-state index is 0.113. The van der Waals surface area contributed by atoms with Crippen LogP contribution >= 0.6 is 0 Å². The lowest BCUT2D eigenvalue weighted by Gasteiger charge is -2.26. The minimum Gasteiger partial charge on any atom is -0.454 e. The number of carbonyl (C=O) groups excluding carboxylic acids is 1. The average Bonchev–Trinajstić information content (AvgIpc) is 2.46. The number of aryl methyl sites for hydroxylation is 4. The van der Waals surface area contributed by atoms with Gasteiger partial charge in [0.15, 0.2) is 0 Å². The summed E-state index contributed by atoms with van der Waals surface area (Å²) in [6, 6.07) is 12.4. The highest BCUT2D eigenvalue weighted by Gasteiger charge is 2.25. The van der Waals surface area contributed by atoms with E-state index in [1.54, 1.807) is 0 Å². The number of carbonyl (C=O) groups is 1. The Morgan fingerprint density at radius 2 is 1.77 bits per heavy atom. The van der Waals surface area contributed by atoms with E-state index in [9.17, 15) is 4.79 Å². The number of fused-ring (bicyclic) bond motifs is 1. The molecule has 0 N–H and O–H groups in total. The molecule has 0 saturated heterocycles. The van der Waals surface area contributed by atoms with Crippen molar-refractivity contribution in [2.45, 2.75) is 46.1 Å². The monoisotopic (exact) mass is 294 g/mol. The fourth-order valence-corrected chi connectivity index (χ4v) is 3.52. The third-order valence-corrected chi connectivity index (χ3v) is 4.44. The Kier molecular flexibility index (Phi) is 4.02. The first kappa shape index (κ1) is 14.8. The molecule has 2 heteroatoms. The van der Waals surface area contributed by atoms with E-state index in [2.05, 4.69) is 18.2 Å². The second kappa shape index (κ2) is 5.96. The predicted molar refractivity (Wildman–Crippen MR) is 88.2 cm³/mol. The van der Waals surface area contributed by atoms with Crippen molar-refractivity contribution >= 4 is 5.97 Å². The van der Waals surface area contributed by atoms with E-state index in [0.29, 0.717) is 5.56 Å². The molecule has 0 amide bonds. The van der Waals surface area contributed by atoms with Crippen LogP contribution in [0.5, 0.6) is 0 Å². The zero-order valence-corrected chi connectivity index (χ0v) is 13.5. The van der Waals surface area contributed by atoms with E-state index >= 15 is 0 Å². The maximum Gasteiger partial charge on any atom is 0.339 e. The van der Waals surface area contributed by atoms with E-state index in [1.165, 1.54) is 16.7 Å². The molecule has 2 nitrogen and oxygen atoms in total. The summed E-state index contributed by atoms with van der Waals surface area (Å²) in [6.07, 6.45) is 2.94. The van der Waals surface area contributed by atoms with Gasteiger partial charge in [0.1, 0.15) is 6.10 Å². The van der Waals surface area contributed by atoms with Gasteiger partial charge < -0.3 is 4.74 Å². The van der Waals surface area contributed by atoms with Crippen LogP contribution in [0.15, 0.2) is 36.4 Å². The van der Waals surface area contributed by atoms with Crippen LogP contribution < -0.4 is 0 Å². The second-order valence-electron chi connectivity index (χ2n) is 6.26. The van der Waals surface area contributed by atoms with Crippen molar-refractivity contribution in [3.8, 4) is 0 Å². The molecule has 1 unspecified atom stereocenters. The summed E-state index contributed by atoms with van der Waals surface area (Å²) in [5.74, 6) is -0.197. The summed E-state index contributed by atoms with van der Waals surface area (Å²) in [5.41, 5.74) is 6.36. The van der Waals surface area contributed by atoms with Gasteiger partial charge >= 0.3 is 5.97 Å². The molecule has 0 heterocycles. The highest BCUT2D eigenvalue weighted by molar-refractivity contribution is 5.93. The van der Waals surface area contributed by atoms with Crippen LogP contribution in [0.3, 0.4) is 0 Å². The van der Waals surface area contributed by atoms with Gasteiger partial charge in [-0.05, 0) is 62.3 Å². The van der Waals surface area contributed by atoms with Crippen molar-refractivity contribution in [1.82, 2.24) is 0 Å². The van der Waals surface area contributed by atoms with Crippen LogP contribution in [0.4, 0.5) is 0 Å². The van der Waals surface area contributed by atoms with E-state index in [0.717, 1.165) is 30.4 Å². The first-order valence-corrected chi connectivity index (χ1v) is 7.93. The summed E-state index contributed by atoms with van der Waals surface area (Å²) in [6.45, 7) is 6.00. The summed E-state index contributed by atoms with van der Waals surface area (Å²) in [5, 5.41) is 0. The molecule has 0 fully saturated rings. The predicted octanol–water partition coefficient (Wildman–Crippen LogP) is 4.85. The van der Waals surface area contributed by atoms with Gasteiger partial charge in [-0.1, -0.05) is 42.0 Å². The molecule has 1 aliphatic rings. The molecule has 0 radical (unpaired) electrons. The van der Waals surface area contributed by atoms with Crippen LogP contribution in [-0.2, 0) is 11.2 Å². The van der Waals surface area contributed by atoms with Gasteiger partial charge in [0.2, 0.25) is 0 Å². The zero-order chi connectivity index (χ0) is 15.7. The second-order valence-corrected chi connectivity index (χ2v) is 6.26. The number of hydrogen-bond acceptors (Lipinski definition) is 2. The standard InChI is InChI=1S/C20H22O2/c1-13-11-14(2)19(15(3)12-13)20(21)22-18-10-6-8-16-7-4-5-9-17(16)18/h4-5,7,9,11-12,18H,6,8,10H2,1-3H3. The first-order chi connectivity index (χ1) is 10.6. The van der Waals surface area contributed by atoms with Crippen LogP contribution in [0, 0.1) is 20.8 Å². The van der Waals surface area contributed by atoms with Gasteiger partial charge in [-0.15, -0.1) is 0 Å². The fraction of sp³-hybridized carbons (Fsp3) is 0.350. The quantitative estimate of drug-likeness (QED) is 0.740. The molecule has 0 aromatic heterocycles. The van der Waals surface area contributed by atoms with Crippen molar-refractivity contribution in [3.05, 3.63) is 69.8 Å². The van der Waals surface area contributed by atoms with Crippen molar-refractivity contribution in [2.75, 3.05) is 0 Å². The molecule has 1 aliphatic carbocycles. The summed E-state index contributed by atoms with van der Waals surface area (Å²) >= 11 is 0. The molecule has 22 heavy (non-hydrogen) atoms. The summed E-state index contributed by atoms with van der Waals surface area (Å²) < 4.78 is 5.87. The number of ether oxygens (including phenoxy) is 1. The molecule has 3 rings (SSSR count). The molecule has 114 valence electrons. The van der Waals surface area contributed by atoms with E-state index < -0.39 is 0 Å². The smallest absolute Gasteiger partial charge is 0.339 e. The van der Waals surface area contributed by atoms with Crippen LogP contribution in [0.25, 0.3) is 0 Å². The van der Waals surface area contributed by atoms with E-state index in [4.69, 9.17) is 4.74 Å². The molecule has 0 bridgehead atoms. The highest BCUT2D eigenvalue weighted by Crippen LogP contribution is 2.33. The van der Waals surface area contributed by atoms with Crippen molar-refractivity contribution in [3.63, 3.8) is 0 Å². The molecule has 0 spiro atoms. The fourth-order valence-electron chi connectivity index (χ4n) is 3.52. The molecule has 2 aromatic rings. The van der Waals surface area contributed by atoms with Crippen LogP contribution in [0.1, 0.15) is 57.1 Å². The minimum atomic E-state index is -0.197. The number of benzene rings is 2. The molecular formula is C20H22O2. The van der Waals surface area contributed by atoms with Crippen molar-refractivity contribution in [2.24, 2.45) is 0 Å². The average molecular weight is 294 g/mol. The van der Waals surface area contributed by atoms with Crippen molar-refractivity contribution < 1.29 is 9.53 Å². The Morgan fingerprint density at radius 3 is 2.50 bits per heavy atom. The van der Waals surface area contributed by atoms with Gasteiger partial charge in [0.05, 0.1) is 5.56 Å². The molecular weight excluding hydrogens is 272 g/mol. The third-order valence-electron chi connectivity index (χ3n) is 4.44. The summed E-state index contributed by atoms with van der Waals surface area (Å²) in [4.78, 5) is 12.7. The van der Waals surface area contributed by atoms with Gasteiger partial charge in [-0.25, -0.2) is 4.79 Å². The molecule has 0 aliphatic heterocycles. The SMILES string of the molecule is Cc1cc(C)c(C(=O)OC2CCCc3ccccc32)c(C)c1. The van der Waals surface area contributed by atoms with E-state index in [-0.39, 0.29) is 12.1 Å². The Morgan fingerprint density at radius 1 is 1.09 bits per heavy atom. The number of hydrogen-bond donors (Lipinski definition) is 0. The van der Waals surface area contributed by atoms with Gasteiger partial charge in [-0.3, -0.25) is 0 Å². The Hall–Kier alpha value is -2.09. The van der Waals surface area contributed by atoms with Gasteiger partial charge in [0, 0.05) is 0 Å². The normalized spacial score (nSPS) is 17.0.